The summed E-state index contributed by atoms with van der Waals surface area (Å²) in [6.45, 7) is 0. The van der Waals surface area contributed by atoms with Crippen molar-refractivity contribution in [2.24, 2.45) is 17.1 Å². The standard InChI is InChI=1S/C17H21FN2O4/c1-24-13-3-2-10(18)8-12(13)14(9-6-11(21)7-9)20-16(23)17(4-5-17)15(19)22/h2-3,8-9,11,14,21H,4-7H2,1H3,(H2,19,22)(H,20,23). The number of methoxy groups -OCH3 is 1. The van der Waals surface area contributed by atoms with Gasteiger partial charge >= 0.3 is 0 Å². The minimum Gasteiger partial charge on any atom is -0.496 e. The number of nitrogens with one attached hydrogen (secondary N) is 1. The Morgan fingerprint density at radius 1 is 1.42 bits per heavy atom. The summed E-state index contributed by atoms with van der Waals surface area (Å²) in [7, 11) is 1.47. The first kappa shape index (κ1) is 16.7. The van der Waals surface area contributed by atoms with E-state index >= 15 is 0 Å². The van der Waals surface area contributed by atoms with Crippen molar-refractivity contribution in [1.82, 2.24) is 5.32 Å². The summed E-state index contributed by atoms with van der Waals surface area (Å²) in [5.41, 5.74) is 4.70. The van der Waals surface area contributed by atoms with Gasteiger partial charge in [0.05, 0.1) is 19.3 Å². The van der Waals surface area contributed by atoms with Gasteiger partial charge in [0.15, 0.2) is 0 Å². The van der Waals surface area contributed by atoms with Crippen molar-refractivity contribution in [2.75, 3.05) is 7.11 Å². The summed E-state index contributed by atoms with van der Waals surface area (Å²) in [6, 6.07) is 3.56. The van der Waals surface area contributed by atoms with E-state index in [1.807, 2.05) is 0 Å². The molecule has 0 aromatic heterocycles. The molecule has 0 radical (unpaired) electrons. The van der Waals surface area contributed by atoms with Gasteiger partial charge in [0.25, 0.3) is 0 Å². The lowest BCUT2D eigenvalue weighted by atomic mass is 9.74. The minimum atomic E-state index is -1.15. The maximum absolute atomic E-state index is 13.7. The molecule has 2 aliphatic carbocycles. The molecular formula is C17H21FN2O4. The van der Waals surface area contributed by atoms with Crippen LogP contribution in [0, 0.1) is 17.2 Å². The molecule has 1 atom stereocenters. The monoisotopic (exact) mass is 336 g/mol. The van der Waals surface area contributed by atoms with Gasteiger partial charge in [-0.1, -0.05) is 0 Å². The Morgan fingerprint density at radius 2 is 2.08 bits per heavy atom. The predicted molar refractivity (Wildman–Crippen MR) is 83.4 cm³/mol. The van der Waals surface area contributed by atoms with E-state index in [2.05, 4.69) is 5.32 Å². The van der Waals surface area contributed by atoms with Crippen molar-refractivity contribution >= 4 is 11.8 Å². The molecule has 2 saturated carbocycles. The SMILES string of the molecule is COc1ccc(F)cc1C(NC(=O)C1(C(N)=O)CC1)C1CC(O)C1. The van der Waals surface area contributed by atoms with Crippen LogP contribution in [0.2, 0.25) is 0 Å². The topological polar surface area (TPSA) is 102 Å². The first-order valence-electron chi connectivity index (χ1n) is 8.00. The Balaban J connectivity index is 1.89. The number of benzene rings is 1. The smallest absolute Gasteiger partial charge is 0.236 e. The van der Waals surface area contributed by atoms with Crippen molar-refractivity contribution in [3.8, 4) is 5.75 Å². The fourth-order valence-electron chi connectivity index (χ4n) is 3.29. The number of carbonyl (C=O) groups excluding carboxylic acids is 2. The van der Waals surface area contributed by atoms with Crippen molar-refractivity contribution in [2.45, 2.75) is 37.8 Å². The highest BCUT2D eigenvalue weighted by atomic mass is 19.1. The number of ether oxygens (including phenoxy) is 1. The molecule has 1 aromatic rings. The van der Waals surface area contributed by atoms with Crippen LogP contribution in [0.1, 0.15) is 37.3 Å². The van der Waals surface area contributed by atoms with Crippen LogP contribution in [-0.2, 0) is 9.59 Å². The highest BCUT2D eigenvalue weighted by Crippen LogP contribution is 2.47. The van der Waals surface area contributed by atoms with Crippen LogP contribution < -0.4 is 15.8 Å². The molecule has 0 saturated heterocycles. The fraction of sp³-hybridized carbons (Fsp3) is 0.529. The largest absolute Gasteiger partial charge is 0.496 e. The number of hydrogen-bond donors (Lipinski definition) is 3. The molecule has 0 aliphatic heterocycles. The quantitative estimate of drug-likeness (QED) is 0.675. The minimum absolute atomic E-state index is 0.0525. The third-order valence-electron chi connectivity index (χ3n) is 5.09. The Kier molecular flexibility index (Phi) is 4.21. The van der Waals surface area contributed by atoms with E-state index < -0.39 is 35.2 Å². The van der Waals surface area contributed by atoms with Gasteiger partial charge in [-0.15, -0.1) is 0 Å². The second kappa shape index (κ2) is 6.05. The van der Waals surface area contributed by atoms with Gasteiger partial charge in [0.1, 0.15) is 17.0 Å². The normalized spacial score (nSPS) is 25.3. The number of hydrogen-bond acceptors (Lipinski definition) is 4. The van der Waals surface area contributed by atoms with E-state index in [4.69, 9.17) is 10.5 Å². The van der Waals surface area contributed by atoms with Gasteiger partial charge in [-0.05, 0) is 49.8 Å². The third-order valence-corrected chi connectivity index (χ3v) is 5.09. The van der Waals surface area contributed by atoms with Gasteiger partial charge in [0, 0.05) is 5.56 Å². The van der Waals surface area contributed by atoms with Gasteiger partial charge in [-0.25, -0.2) is 4.39 Å². The fourth-order valence-corrected chi connectivity index (χ4v) is 3.29. The number of halogens is 1. The van der Waals surface area contributed by atoms with Crippen molar-refractivity contribution < 1.29 is 23.8 Å². The molecule has 24 heavy (non-hydrogen) atoms. The Morgan fingerprint density at radius 3 is 2.58 bits per heavy atom. The van der Waals surface area contributed by atoms with Gasteiger partial charge in [-0.2, -0.15) is 0 Å². The summed E-state index contributed by atoms with van der Waals surface area (Å²) in [4.78, 5) is 24.1. The molecule has 3 rings (SSSR count). The lowest BCUT2D eigenvalue weighted by Crippen LogP contribution is -2.46. The van der Waals surface area contributed by atoms with E-state index in [1.54, 1.807) is 0 Å². The first-order valence-corrected chi connectivity index (χ1v) is 8.00. The lowest BCUT2D eigenvalue weighted by Gasteiger charge is -2.39. The number of aliphatic hydroxyl groups is 1. The second-order valence-electron chi connectivity index (χ2n) is 6.67. The molecule has 0 bridgehead atoms. The molecule has 7 heteroatoms. The summed E-state index contributed by atoms with van der Waals surface area (Å²) in [5.74, 6) is -1.12. The maximum atomic E-state index is 13.7. The molecule has 2 aliphatic rings. The van der Waals surface area contributed by atoms with Crippen LogP contribution >= 0.6 is 0 Å². The summed E-state index contributed by atoms with van der Waals surface area (Å²) >= 11 is 0. The highest BCUT2D eigenvalue weighted by molar-refractivity contribution is 6.07. The average molecular weight is 336 g/mol. The number of carbonyl (C=O) groups is 2. The molecule has 0 spiro atoms. The Hall–Kier alpha value is -2.15. The van der Waals surface area contributed by atoms with E-state index in [0.29, 0.717) is 37.0 Å². The molecule has 2 fully saturated rings. The summed E-state index contributed by atoms with van der Waals surface area (Å²) in [5, 5.41) is 12.4. The zero-order valence-electron chi connectivity index (χ0n) is 13.4. The van der Waals surface area contributed by atoms with Gasteiger partial charge < -0.3 is 20.9 Å². The van der Waals surface area contributed by atoms with Crippen molar-refractivity contribution in [3.63, 3.8) is 0 Å². The van der Waals surface area contributed by atoms with E-state index in [-0.39, 0.29) is 5.92 Å². The number of rotatable bonds is 6. The van der Waals surface area contributed by atoms with E-state index in [0.717, 1.165) is 0 Å². The second-order valence-corrected chi connectivity index (χ2v) is 6.67. The third kappa shape index (κ3) is 2.84. The lowest BCUT2D eigenvalue weighted by molar-refractivity contribution is -0.136. The zero-order valence-corrected chi connectivity index (χ0v) is 13.4. The molecule has 0 heterocycles. The van der Waals surface area contributed by atoms with Crippen LogP contribution in [0.3, 0.4) is 0 Å². The van der Waals surface area contributed by atoms with Crippen LogP contribution in [-0.4, -0.2) is 30.1 Å². The Labute approximate surface area is 139 Å². The van der Waals surface area contributed by atoms with Crippen LogP contribution in [0.15, 0.2) is 18.2 Å². The number of nitrogens with two attached hydrogens (primary N) is 1. The number of aliphatic hydroxyl groups excluding tert-OH is 1. The highest BCUT2D eigenvalue weighted by Gasteiger charge is 2.56. The summed E-state index contributed by atoms with van der Waals surface area (Å²) < 4.78 is 19.0. The molecule has 130 valence electrons. The van der Waals surface area contributed by atoms with Crippen LogP contribution in [0.25, 0.3) is 0 Å². The molecule has 2 amide bonds. The van der Waals surface area contributed by atoms with Gasteiger partial charge in [0.2, 0.25) is 11.8 Å². The van der Waals surface area contributed by atoms with Crippen molar-refractivity contribution in [3.05, 3.63) is 29.6 Å². The zero-order chi connectivity index (χ0) is 17.5. The van der Waals surface area contributed by atoms with Gasteiger partial charge in [-0.3, -0.25) is 9.59 Å². The van der Waals surface area contributed by atoms with E-state index in [1.165, 1.54) is 25.3 Å². The molecule has 4 N–H and O–H groups in total. The molecular weight excluding hydrogens is 315 g/mol. The Bertz CT molecular complexity index is 669. The predicted octanol–water partition coefficient (Wildman–Crippen LogP) is 1.03. The van der Waals surface area contributed by atoms with E-state index in [9.17, 15) is 19.1 Å². The first-order chi connectivity index (χ1) is 11.4. The molecule has 1 unspecified atom stereocenters. The van der Waals surface area contributed by atoms with Crippen LogP contribution in [0.4, 0.5) is 4.39 Å². The molecule has 6 nitrogen and oxygen atoms in total. The summed E-state index contributed by atoms with van der Waals surface area (Å²) in [6.07, 6.45) is 1.41. The van der Waals surface area contributed by atoms with Crippen LogP contribution in [0.5, 0.6) is 5.75 Å². The number of amides is 2. The maximum Gasteiger partial charge on any atom is 0.236 e. The average Bonchev–Trinajstić information content (AvgIpc) is 3.31. The molecule has 1 aromatic carbocycles. The van der Waals surface area contributed by atoms with Crippen molar-refractivity contribution in [1.29, 1.82) is 0 Å². The number of primary amides is 1.